The van der Waals surface area contributed by atoms with E-state index in [1.54, 1.807) is 7.11 Å². The van der Waals surface area contributed by atoms with Crippen molar-refractivity contribution in [1.82, 2.24) is 10.3 Å². The zero-order chi connectivity index (χ0) is 14.2. The van der Waals surface area contributed by atoms with E-state index < -0.39 is 0 Å². The SMILES string of the molecule is COCCNCc1ncoc1CCc1ccc(C)cc1. The molecular formula is C16H22N2O2. The first-order valence-corrected chi connectivity index (χ1v) is 6.96. The van der Waals surface area contributed by atoms with Crippen molar-refractivity contribution in [3.63, 3.8) is 0 Å². The van der Waals surface area contributed by atoms with Crippen LogP contribution in [0.3, 0.4) is 0 Å². The molecule has 1 heterocycles. The average Bonchev–Trinajstić information content (AvgIpc) is 2.90. The number of aryl methyl sites for hydroxylation is 3. The Morgan fingerprint density at radius 2 is 2.00 bits per heavy atom. The first-order chi connectivity index (χ1) is 9.79. The molecule has 1 aromatic carbocycles. The minimum atomic E-state index is 0.705. The van der Waals surface area contributed by atoms with Crippen LogP contribution in [0.25, 0.3) is 0 Å². The number of hydrogen-bond acceptors (Lipinski definition) is 4. The summed E-state index contributed by atoms with van der Waals surface area (Å²) in [5, 5.41) is 3.29. The quantitative estimate of drug-likeness (QED) is 0.751. The third kappa shape index (κ3) is 4.47. The molecule has 0 radical (unpaired) electrons. The molecule has 0 saturated heterocycles. The van der Waals surface area contributed by atoms with Crippen LogP contribution in [-0.4, -0.2) is 25.2 Å². The van der Waals surface area contributed by atoms with Gasteiger partial charge in [0.25, 0.3) is 0 Å². The van der Waals surface area contributed by atoms with Crippen molar-refractivity contribution in [2.24, 2.45) is 0 Å². The monoisotopic (exact) mass is 274 g/mol. The van der Waals surface area contributed by atoms with E-state index in [2.05, 4.69) is 41.5 Å². The summed E-state index contributed by atoms with van der Waals surface area (Å²) >= 11 is 0. The minimum Gasteiger partial charge on any atom is -0.448 e. The Bertz CT molecular complexity index is 505. The van der Waals surface area contributed by atoms with Crippen LogP contribution in [0.2, 0.25) is 0 Å². The fourth-order valence-electron chi connectivity index (χ4n) is 2.03. The molecule has 4 nitrogen and oxygen atoms in total. The Kier molecular flexibility index (Phi) is 5.77. The second-order valence-electron chi connectivity index (χ2n) is 4.88. The standard InChI is InChI=1S/C16H22N2O2/c1-13-3-5-14(6-4-13)7-8-16-15(18-12-20-16)11-17-9-10-19-2/h3-6,12,17H,7-11H2,1-2H3. The van der Waals surface area contributed by atoms with Crippen molar-refractivity contribution in [2.75, 3.05) is 20.3 Å². The number of hydrogen-bond donors (Lipinski definition) is 1. The van der Waals surface area contributed by atoms with E-state index in [4.69, 9.17) is 9.15 Å². The first-order valence-electron chi connectivity index (χ1n) is 6.96. The average molecular weight is 274 g/mol. The van der Waals surface area contributed by atoms with Crippen LogP contribution in [0.4, 0.5) is 0 Å². The van der Waals surface area contributed by atoms with Gasteiger partial charge in [-0.15, -0.1) is 0 Å². The highest BCUT2D eigenvalue weighted by atomic mass is 16.5. The lowest BCUT2D eigenvalue weighted by atomic mass is 10.1. The molecule has 2 aromatic rings. The lowest BCUT2D eigenvalue weighted by Gasteiger charge is -2.04. The molecule has 0 bridgehead atoms. The van der Waals surface area contributed by atoms with Crippen molar-refractivity contribution in [3.05, 3.63) is 53.2 Å². The van der Waals surface area contributed by atoms with Gasteiger partial charge in [0.1, 0.15) is 5.76 Å². The van der Waals surface area contributed by atoms with Crippen LogP contribution < -0.4 is 5.32 Å². The number of benzene rings is 1. The van der Waals surface area contributed by atoms with Gasteiger partial charge in [0.05, 0.1) is 12.3 Å². The van der Waals surface area contributed by atoms with Gasteiger partial charge in [-0.2, -0.15) is 0 Å². The van der Waals surface area contributed by atoms with Crippen LogP contribution in [0.5, 0.6) is 0 Å². The van der Waals surface area contributed by atoms with E-state index >= 15 is 0 Å². The third-order valence-electron chi connectivity index (χ3n) is 3.26. The predicted octanol–water partition coefficient (Wildman–Crippen LogP) is 2.50. The van der Waals surface area contributed by atoms with E-state index in [0.717, 1.165) is 37.4 Å². The van der Waals surface area contributed by atoms with Gasteiger partial charge in [0, 0.05) is 26.6 Å². The zero-order valence-corrected chi connectivity index (χ0v) is 12.2. The molecule has 0 fully saturated rings. The summed E-state index contributed by atoms with van der Waals surface area (Å²) in [6.07, 6.45) is 3.38. The van der Waals surface area contributed by atoms with Crippen molar-refractivity contribution >= 4 is 0 Å². The van der Waals surface area contributed by atoms with Crippen LogP contribution in [-0.2, 0) is 24.1 Å². The molecule has 0 unspecified atom stereocenters. The van der Waals surface area contributed by atoms with Gasteiger partial charge in [0.2, 0.25) is 0 Å². The summed E-state index contributed by atoms with van der Waals surface area (Å²) in [4.78, 5) is 4.27. The van der Waals surface area contributed by atoms with E-state index in [9.17, 15) is 0 Å². The van der Waals surface area contributed by atoms with Gasteiger partial charge < -0.3 is 14.5 Å². The van der Waals surface area contributed by atoms with E-state index in [0.29, 0.717) is 6.61 Å². The van der Waals surface area contributed by atoms with Crippen molar-refractivity contribution in [3.8, 4) is 0 Å². The second kappa shape index (κ2) is 7.82. The van der Waals surface area contributed by atoms with Gasteiger partial charge in [-0.3, -0.25) is 0 Å². The van der Waals surface area contributed by atoms with Crippen LogP contribution in [0.15, 0.2) is 35.1 Å². The smallest absolute Gasteiger partial charge is 0.181 e. The summed E-state index contributed by atoms with van der Waals surface area (Å²) in [7, 11) is 1.70. The maximum Gasteiger partial charge on any atom is 0.181 e. The Balaban J connectivity index is 1.83. The molecule has 0 aliphatic heterocycles. The summed E-state index contributed by atoms with van der Waals surface area (Å²) in [6, 6.07) is 8.62. The molecule has 1 aromatic heterocycles. The molecule has 108 valence electrons. The van der Waals surface area contributed by atoms with Crippen LogP contribution in [0.1, 0.15) is 22.6 Å². The summed E-state index contributed by atoms with van der Waals surface area (Å²) < 4.78 is 10.5. The lowest BCUT2D eigenvalue weighted by Crippen LogP contribution is -2.19. The van der Waals surface area contributed by atoms with E-state index in [-0.39, 0.29) is 0 Å². The molecule has 0 aliphatic carbocycles. The third-order valence-corrected chi connectivity index (χ3v) is 3.26. The molecule has 0 spiro atoms. The number of ether oxygens (including phenoxy) is 1. The van der Waals surface area contributed by atoms with Gasteiger partial charge in [-0.05, 0) is 18.9 Å². The Labute approximate surface area is 120 Å². The molecule has 0 atom stereocenters. The molecular weight excluding hydrogens is 252 g/mol. The fourth-order valence-corrected chi connectivity index (χ4v) is 2.03. The summed E-state index contributed by atoms with van der Waals surface area (Å²) in [5.74, 6) is 0.968. The number of nitrogens with zero attached hydrogens (tertiary/aromatic N) is 1. The van der Waals surface area contributed by atoms with E-state index in [1.165, 1.54) is 17.5 Å². The first kappa shape index (κ1) is 14.8. The van der Waals surface area contributed by atoms with Crippen molar-refractivity contribution in [2.45, 2.75) is 26.3 Å². The molecule has 2 rings (SSSR count). The Morgan fingerprint density at radius 3 is 2.75 bits per heavy atom. The summed E-state index contributed by atoms with van der Waals surface area (Å²) in [5.41, 5.74) is 3.61. The van der Waals surface area contributed by atoms with Gasteiger partial charge in [-0.25, -0.2) is 4.98 Å². The highest BCUT2D eigenvalue weighted by molar-refractivity contribution is 5.22. The largest absolute Gasteiger partial charge is 0.448 e. The molecule has 0 saturated carbocycles. The predicted molar refractivity (Wildman–Crippen MR) is 78.7 cm³/mol. The lowest BCUT2D eigenvalue weighted by molar-refractivity contribution is 0.199. The van der Waals surface area contributed by atoms with Crippen LogP contribution in [0, 0.1) is 6.92 Å². The zero-order valence-electron chi connectivity index (χ0n) is 12.2. The fraction of sp³-hybridized carbons (Fsp3) is 0.438. The molecule has 4 heteroatoms. The number of methoxy groups -OCH3 is 1. The topological polar surface area (TPSA) is 47.3 Å². The highest BCUT2D eigenvalue weighted by Crippen LogP contribution is 2.12. The minimum absolute atomic E-state index is 0.705. The van der Waals surface area contributed by atoms with Gasteiger partial charge in [0.15, 0.2) is 6.39 Å². The van der Waals surface area contributed by atoms with Crippen molar-refractivity contribution < 1.29 is 9.15 Å². The second-order valence-corrected chi connectivity index (χ2v) is 4.88. The highest BCUT2D eigenvalue weighted by Gasteiger charge is 2.08. The Morgan fingerprint density at radius 1 is 1.20 bits per heavy atom. The molecule has 0 amide bonds. The Hall–Kier alpha value is -1.65. The maximum absolute atomic E-state index is 5.48. The van der Waals surface area contributed by atoms with Gasteiger partial charge >= 0.3 is 0 Å². The normalized spacial score (nSPS) is 10.9. The van der Waals surface area contributed by atoms with Crippen LogP contribution >= 0.6 is 0 Å². The van der Waals surface area contributed by atoms with Crippen molar-refractivity contribution in [1.29, 1.82) is 0 Å². The molecule has 0 aliphatic rings. The number of nitrogens with one attached hydrogen (secondary N) is 1. The molecule has 20 heavy (non-hydrogen) atoms. The number of oxazole rings is 1. The summed E-state index contributed by atoms with van der Waals surface area (Å²) in [6.45, 7) is 4.35. The van der Waals surface area contributed by atoms with E-state index in [1.807, 2.05) is 0 Å². The number of aromatic nitrogens is 1. The number of rotatable bonds is 8. The van der Waals surface area contributed by atoms with Gasteiger partial charge in [-0.1, -0.05) is 29.8 Å². The molecule has 1 N–H and O–H groups in total. The maximum atomic E-state index is 5.48.